The summed E-state index contributed by atoms with van der Waals surface area (Å²) >= 11 is 0. The molecule has 1 heterocycles. The summed E-state index contributed by atoms with van der Waals surface area (Å²) < 4.78 is 1.69. The summed E-state index contributed by atoms with van der Waals surface area (Å²) in [5.41, 5.74) is 5.28. The van der Waals surface area contributed by atoms with Crippen LogP contribution in [0.4, 0.5) is 5.69 Å². The molecule has 1 atom stereocenters. The number of carbonyl (C=O) groups is 1. The van der Waals surface area contributed by atoms with Crippen LogP contribution in [0, 0.1) is 0 Å². The van der Waals surface area contributed by atoms with Crippen LogP contribution in [0.2, 0.25) is 0 Å². The Morgan fingerprint density at radius 1 is 1.07 bits per heavy atom. The van der Waals surface area contributed by atoms with E-state index in [1.54, 1.807) is 17.9 Å². The van der Waals surface area contributed by atoms with Gasteiger partial charge in [-0.25, -0.2) is 0 Å². The number of nitrogens with one attached hydrogen (secondary N) is 2. The van der Waals surface area contributed by atoms with Crippen molar-refractivity contribution in [2.24, 2.45) is 7.05 Å². The van der Waals surface area contributed by atoms with E-state index >= 15 is 0 Å². The summed E-state index contributed by atoms with van der Waals surface area (Å²) in [6.45, 7) is 2.19. The highest BCUT2D eigenvalue weighted by molar-refractivity contribution is 5.95. The first-order valence-corrected chi connectivity index (χ1v) is 9.26. The average Bonchev–Trinajstić information content (AvgIpc) is 3.10. The first-order chi connectivity index (χ1) is 13.1. The van der Waals surface area contributed by atoms with Gasteiger partial charge in [0.15, 0.2) is 0 Å². The van der Waals surface area contributed by atoms with Gasteiger partial charge < -0.3 is 10.6 Å². The molecule has 0 aliphatic carbocycles. The van der Waals surface area contributed by atoms with Crippen LogP contribution in [-0.2, 0) is 18.3 Å². The predicted octanol–water partition coefficient (Wildman–Crippen LogP) is 4.36. The summed E-state index contributed by atoms with van der Waals surface area (Å²) in [4.78, 5) is 12.6. The Labute approximate surface area is 172 Å². The van der Waals surface area contributed by atoms with E-state index in [0.29, 0.717) is 0 Å². The number of aryl methyl sites for hydroxylation is 2. The molecule has 0 spiro atoms. The van der Waals surface area contributed by atoms with Crippen LogP contribution >= 0.6 is 12.4 Å². The molecule has 0 aliphatic heterocycles. The highest BCUT2D eigenvalue weighted by Crippen LogP contribution is 2.23. The number of hydrogen-bond acceptors (Lipinski definition) is 3. The SMILES string of the molecule is CCCc1ccc(-c2ccc(NC(=O)C(NC)c3cnn(C)c3)cc2)cc1.Cl. The average molecular weight is 399 g/mol. The van der Waals surface area contributed by atoms with Crippen molar-refractivity contribution in [1.29, 1.82) is 0 Å². The molecule has 3 rings (SSSR count). The molecular formula is C22H27ClN4O. The fraction of sp³-hybridized carbons (Fsp3) is 0.273. The molecule has 0 radical (unpaired) electrons. The normalized spacial score (nSPS) is 11.5. The second-order valence-electron chi connectivity index (χ2n) is 6.68. The quantitative estimate of drug-likeness (QED) is 0.621. The van der Waals surface area contributed by atoms with Gasteiger partial charge in [0, 0.05) is 24.5 Å². The number of carbonyl (C=O) groups excluding carboxylic acids is 1. The van der Waals surface area contributed by atoms with E-state index in [0.717, 1.165) is 29.7 Å². The van der Waals surface area contributed by atoms with Crippen LogP contribution in [0.1, 0.15) is 30.5 Å². The summed E-state index contributed by atoms with van der Waals surface area (Å²) in [6, 6.07) is 16.2. The molecule has 0 aliphatic rings. The van der Waals surface area contributed by atoms with Gasteiger partial charge in [0.1, 0.15) is 6.04 Å². The number of hydrogen-bond donors (Lipinski definition) is 2. The number of rotatable bonds is 7. The summed E-state index contributed by atoms with van der Waals surface area (Å²) in [5.74, 6) is -0.109. The fourth-order valence-corrected chi connectivity index (χ4v) is 3.15. The lowest BCUT2D eigenvalue weighted by atomic mass is 10.0. The molecule has 1 aromatic heterocycles. The molecule has 148 valence electrons. The van der Waals surface area contributed by atoms with Crippen LogP contribution in [0.25, 0.3) is 11.1 Å². The molecule has 5 nitrogen and oxygen atoms in total. The molecule has 3 aromatic rings. The lowest BCUT2D eigenvalue weighted by Gasteiger charge is -2.15. The maximum absolute atomic E-state index is 12.6. The summed E-state index contributed by atoms with van der Waals surface area (Å²) in [6.07, 6.45) is 5.80. The molecule has 0 saturated carbocycles. The van der Waals surface area contributed by atoms with E-state index in [1.165, 1.54) is 11.1 Å². The van der Waals surface area contributed by atoms with Gasteiger partial charge in [-0.05, 0) is 42.3 Å². The minimum Gasteiger partial charge on any atom is -0.324 e. The van der Waals surface area contributed by atoms with E-state index in [1.807, 2.05) is 37.5 Å². The van der Waals surface area contributed by atoms with Crippen molar-refractivity contribution in [2.75, 3.05) is 12.4 Å². The monoisotopic (exact) mass is 398 g/mol. The zero-order valence-electron chi connectivity index (χ0n) is 16.5. The smallest absolute Gasteiger partial charge is 0.246 e. The predicted molar refractivity (Wildman–Crippen MR) is 117 cm³/mol. The molecule has 2 aromatic carbocycles. The number of anilines is 1. The zero-order valence-corrected chi connectivity index (χ0v) is 17.3. The van der Waals surface area contributed by atoms with Crippen molar-refractivity contribution in [1.82, 2.24) is 15.1 Å². The van der Waals surface area contributed by atoms with Crippen LogP contribution in [-0.4, -0.2) is 22.7 Å². The zero-order chi connectivity index (χ0) is 19.2. The van der Waals surface area contributed by atoms with Crippen LogP contribution < -0.4 is 10.6 Å². The van der Waals surface area contributed by atoms with Crippen LogP contribution in [0.5, 0.6) is 0 Å². The number of nitrogens with zero attached hydrogens (tertiary/aromatic N) is 2. The first-order valence-electron chi connectivity index (χ1n) is 9.26. The van der Waals surface area contributed by atoms with Crippen molar-refractivity contribution < 1.29 is 4.79 Å². The number of aromatic nitrogens is 2. The Hall–Kier alpha value is -2.63. The fourth-order valence-electron chi connectivity index (χ4n) is 3.15. The third-order valence-electron chi connectivity index (χ3n) is 4.59. The second-order valence-corrected chi connectivity index (χ2v) is 6.68. The Morgan fingerprint density at radius 3 is 2.18 bits per heavy atom. The van der Waals surface area contributed by atoms with E-state index in [4.69, 9.17) is 0 Å². The lowest BCUT2D eigenvalue weighted by molar-refractivity contribution is -0.118. The third kappa shape index (κ3) is 5.21. The maximum atomic E-state index is 12.6. The van der Waals surface area contributed by atoms with Gasteiger partial charge in [-0.2, -0.15) is 5.10 Å². The van der Waals surface area contributed by atoms with Gasteiger partial charge in [-0.3, -0.25) is 9.48 Å². The number of halogens is 1. The van der Waals surface area contributed by atoms with Crippen molar-refractivity contribution in [3.05, 3.63) is 72.1 Å². The second kappa shape index (κ2) is 10.1. The highest BCUT2D eigenvalue weighted by Gasteiger charge is 2.20. The molecule has 0 saturated heterocycles. The Balaban J connectivity index is 0.00000280. The molecule has 0 fully saturated rings. The van der Waals surface area contributed by atoms with Gasteiger partial charge in [-0.1, -0.05) is 49.7 Å². The molecule has 28 heavy (non-hydrogen) atoms. The van der Waals surface area contributed by atoms with Crippen LogP contribution in [0.3, 0.4) is 0 Å². The molecular weight excluding hydrogens is 372 g/mol. The lowest BCUT2D eigenvalue weighted by Crippen LogP contribution is -2.30. The Morgan fingerprint density at radius 2 is 1.68 bits per heavy atom. The number of amides is 1. The molecule has 0 bridgehead atoms. The maximum Gasteiger partial charge on any atom is 0.246 e. The number of benzene rings is 2. The molecule has 1 unspecified atom stereocenters. The summed E-state index contributed by atoms with van der Waals surface area (Å²) in [5, 5.41) is 10.1. The summed E-state index contributed by atoms with van der Waals surface area (Å²) in [7, 11) is 3.60. The minimum atomic E-state index is -0.440. The van der Waals surface area contributed by atoms with Gasteiger partial charge in [0.25, 0.3) is 0 Å². The van der Waals surface area contributed by atoms with Crippen molar-refractivity contribution in [3.63, 3.8) is 0 Å². The largest absolute Gasteiger partial charge is 0.324 e. The standard InChI is InChI=1S/C22H26N4O.ClH/c1-4-5-16-6-8-17(9-7-16)18-10-12-20(13-11-18)25-22(27)21(23-2)19-14-24-26(3)15-19;/h6-15,21,23H,4-5H2,1-3H3,(H,25,27);1H. The van der Waals surface area contributed by atoms with Crippen molar-refractivity contribution >= 4 is 24.0 Å². The minimum absolute atomic E-state index is 0. The topological polar surface area (TPSA) is 59.0 Å². The first kappa shape index (κ1) is 21.7. The van der Waals surface area contributed by atoms with E-state index in [-0.39, 0.29) is 18.3 Å². The molecule has 1 amide bonds. The van der Waals surface area contributed by atoms with Gasteiger partial charge in [0.05, 0.1) is 6.20 Å². The van der Waals surface area contributed by atoms with E-state index in [9.17, 15) is 4.79 Å². The van der Waals surface area contributed by atoms with E-state index < -0.39 is 6.04 Å². The van der Waals surface area contributed by atoms with Gasteiger partial charge in [-0.15, -0.1) is 12.4 Å². The number of likely N-dealkylation sites (N-methyl/N-ethyl adjacent to an activating group) is 1. The van der Waals surface area contributed by atoms with Crippen molar-refractivity contribution in [3.8, 4) is 11.1 Å². The molecule has 2 N–H and O–H groups in total. The Bertz CT molecular complexity index is 888. The van der Waals surface area contributed by atoms with Crippen LogP contribution in [0.15, 0.2) is 60.9 Å². The van der Waals surface area contributed by atoms with E-state index in [2.05, 4.69) is 46.9 Å². The third-order valence-corrected chi connectivity index (χ3v) is 4.59. The van der Waals surface area contributed by atoms with Gasteiger partial charge in [0.2, 0.25) is 5.91 Å². The van der Waals surface area contributed by atoms with Gasteiger partial charge >= 0.3 is 0 Å². The van der Waals surface area contributed by atoms with Crippen molar-refractivity contribution in [2.45, 2.75) is 25.8 Å². The molecule has 6 heteroatoms. The highest BCUT2D eigenvalue weighted by atomic mass is 35.5. The Kier molecular flexibility index (Phi) is 7.79.